The average Bonchev–Trinajstić information content (AvgIpc) is 3.96. The van der Waals surface area contributed by atoms with Crippen LogP contribution in [0, 0.1) is 0 Å². The average molecular weight is 759 g/mol. The molecule has 12 aromatic rings. The molecular weight excluding hydrogens is 725 g/mol. The van der Waals surface area contributed by atoms with Crippen molar-refractivity contribution in [2.75, 3.05) is 0 Å². The smallest absolute Gasteiger partial charge is 0.179 e. The van der Waals surface area contributed by atoms with Crippen LogP contribution in [0.4, 0.5) is 0 Å². The molecule has 0 atom stereocenters. The molecule has 0 aliphatic carbocycles. The van der Waals surface area contributed by atoms with Crippen molar-refractivity contribution in [3.05, 3.63) is 206 Å². The summed E-state index contributed by atoms with van der Waals surface area (Å²) in [6.07, 6.45) is 2.15. The van der Waals surface area contributed by atoms with Crippen LogP contribution in [0.2, 0.25) is 0 Å². The summed E-state index contributed by atoms with van der Waals surface area (Å²) in [6, 6.07) is 74.1. The van der Waals surface area contributed by atoms with Gasteiger partial charge < -0.3 is 4.40 Å². The fraction of sp³-hybridized carbons (Fsp3) is 0. The minimum atomic E-state index is -2.73. The molecule has 2 nitrogen and oxygen atoms in total. The molecule has 4 heterocycles. The molecule has 12 rings (SSSR count). The Hall–Kier alpha value is -6.85. The summed E-state index contributed by atoms with van der Waals surface area (Å²) in [5.41, 5.74) is 8.27. The van der Waals surface area contributed by atoms with E-state index in [-0.39, 0.29) is 0 Å². The number of pyridine rings is 1. The Morgan fingerprint density at radius 3 is 1.65 bits per heavy atom. The number of hydrogen-bond donors (Lipinski definition) is 0. The number of nitrogens with zero attached hydrogens (tertiary/aromatic N) is 2. The summed E-state index contributed by atoms with van der Waals surface area (Å²) in [7, 11) is -2.73. The third-order valence-corrected chi connectivity index (χ3v) is 18.1. The van der Waals surface area contributed by atoms with Gasteiger partial charge in [0, 0.05) is 54.3 Å². The second-order valence-corrected chi connectivity index (χ2v) is 19.9. The minimum absolute atomic E-state index is 1.03. The van der Waals surface area contributed by atoms with Crippen molar-refractivity contribution in [3.63, 3.8) is 0 Å². The van der Waals surface area contributed by atoms with E-state index in [0.717, 1.165) is 16.8 Å². The van der Waals surface area contributed by atoms with Crippen molar-refractivity contribution < 1.29 is 0 Å². The Bertz CT molecular complexity index is 3360. The Kier molecular flexibility index (Phi) is 7.15. The molecule has 4 aromatic heterocycles. The van der Waals surface area contributed by atoms with E-state index in [1.54, 1.807) is 0 Å². The second kappa shape index (κ2) is 12.6. The molecule has 0 spiro atoms. The van der Waals surface area contributed by atoms with Gasteiger partial charge in [0.2, 0.25) is 0 Å². The first kappa shape index (κ1) is 32.4. The lowest BCUT2D eigenvalue weighted by molar-refractivity contribution is 1.34. The quantitative estimate of drug-likeness (QED) is 0.122. The second-order valence-electron chi connectivity index (χ2n) is 15.0. The van der Waals surface area contributed by atoms with Crippen LogP contribution in [-0.4, -0.2) is 17.5 Å². The van der Waals surface area contributed by atoms with Crippen LogP contribution in [0.1, 0.15) is 0 Å². The van der Waals surface area contributed by atoms with Crippen molar-refractivity contribution in [2.24, 2.45) is 0 Å². The van der Waals surface area contributed by atoms with E-state index >= 15 is 0 Å². The maximum atomic E-state index is 5.49. The molecule has 8 aromatic carbocycles. The highest BCUT2D eigenvalue weighted by Crippen LogP contribution is 2.47. The predicted octanol–water partition coefficient (Wildman–Crippen LogP) is 11.3. The van der Waals surface area contributed by atoms with E-state index in [4.69, 9.17) is 4.98 Å². The number of aromatic nitrogens is 2. The number of rotatable bonds is 6. The first-order chi connectivity index (χ1) is 28.3. The molecule has 0 bridgehead atoms. The normalized spacial score (nSPS) is 12.2. The summed E-state index contributed by atoms with van der Waals surface area (Å²) in [4.78, 5) is 5.49. The highest BCUT2D eigenvalue weighted by Gasteiger charge is 2.41. The van der Waals surface area contributed by atoms with Crippen LogP contribution in [0.3, 0.4) is 0 Å². The Labute approximate surface area is 334 Å². The first-order valence-corrected chi connectivity index (χ1v) is 22.4. The number of para-hydroxylation sites is 3. The minimum Gasteiger partial charge on any atom is -0.307 e. The maximum absolute atomic E-state index is 5.49. The van der Waals surface area contributed by atoms with E-state index in [1.165, 1.54) is 84.6 Å². The zero-order valence-corrected chi connectivity index (χ0v) is 32.7. The SMILES string of the molecule is c1ccc([Si](c2ccccc2)(c2ccccc2)c2cccc(-c3cnc(-c4cccc5c6cccc7c8ccccc8n(c45)c76)c4sc5ccccc5c34)c2)cc1. The van der Waals surface area contributed by atoms with Gasteiger partial charge in [0.05, 0.1) is 26.9 Å². The summed E-state index contributed by atoms with van der Waals surface area (Å²) >= 11 is 1.86. The Morgan fingerprint density at radius 1 is 0.421 bits per heavy atom. The summed E-state index contributed by atoms with van der Waals surface area (Å²) in [6.45, 7) is 0. The molecule has 266 valence electrons. The van der Waals surface area contributed by atoms with Crippen LogP contribution in [-0.2, 0) is 0 Å². The van der Waals surface area contributed by atoms with Gasteiger partial charge in [-0.2, -0.15) is 0 Å². The molecule has 0 aliphatic heterocycles. The fourth-order valence-corrected chi connectivity index (χ4v) is 15.8. The van der Waals surface area contributed by atoms with Crippen molar-refractivity contribution in [2.45, 2.75) is 0 Å². The number of thiophene rings is 1. The number of benzene rings is 8. The molecule has 4 heteroatoms. The van der Waals surface area contributed by atoms with Gasteiger partial charge in [0.1, 0.15) is 0 Å². The molecule has 0 aliphatic rings. The fourth-order valence-electron chi connectivity index (χ4n) is 9.79. The van der Waals surface area contributed by atoms with Gasteiger partial charge in [-0.05, 0) is 38.4 Å². The molecule has 0 N–H and O–H groups in total. The molecular formula is C53H34N2SSi. The van der Waals surface area contributed by atoms with E-state index in [1.807, 2.05) is 11.3 Å². The van der Waals surface area contributed by atoms with Crippen LogP contribution in [0.25, 0.3) is 80.7 Å². The van der Waals surface area contributed by atoms with E-state index in [2.05, 4.69) is 211 Å². The lowest BCUT2D eigenvalue weighted by atomic mass is 9.98. The first-order valence-electron chi connectivity index (χ1n) is 19.5. The topological polar surface area (TPSA) is 17.3 Å². The van der Waals surface area contributed by atoms with E-state index in [0.29, 0.717) is 0 Å². The van der Waals surface area contributed by atoms with Gasteiger partial charge in [-0.25, -0.2) is 0 Å². The predicted molar refractivity (Wildman–Crippen MR) is 246 cm³/mol. The lowest BCUT2D eigenvalue weighted by Gasteiger charge is -2.34. The number of hydrogen-bond acceptors (Lipinski definition) is 2. The van der Waals surface area contributed by atoms with Crippen LogP contribution in [0.15, 0.2) is 206 Å². The standard InChI is InChI=1S/C53H34N2SSi/c1-4-18-36(19-5-1)57(37-20-6-2-7-21-37,38-22-8-3-9-23-38)39-24-14-17-35(33-39)46-34-54-50(53-49(46)44-26-11-13-32-48(44)56-53)45-30-16-29-43-42-28-15-27-41-40-25-10-12-31-47(40)55(51(41)42)52(43)45/h1-34H. The lowest BCUT2D eigenvalue weighted by Crippen LogP contribution is -2.74. The monoisotopic (exact) mass is 758 g/mol. The van der Waals surface area contributed by atoms with Crippen LogP contribution in [0.5, 0.6) is 0 Å². The van der Waals surface area contributed by atoms with Gasteiger partial charge in [0.25, 0.3) is 0 Å². The van der Waals surface area contributed by atoms with Crippen molar-refractivity contribution in [1.29, 1.82) is 0 Å². The molecule has 0 fully saturated rings. The summed E-state index contributed by atoms with van der Waals surface area (Å²) in [5.74, 6) is 0. The van der Waals surface area contributed by atoms with Gasteiger partial charge >= 0.3 is 0 Å². The molecule has 0 saturated heterocycles. The van der Waals surface area contributed by atoms with Crippen molar-refractivity contribution >= 4 is 98.4 Å². The van der Waals surface area contributed by atoms with Gasteiger partial charge in [-0.15, -0.1) is 11.3 Å². The molecule has 57 heavy (non-hydrogen) atoms. The molecule has 0 amide bonds. The third kappa shape index (κ3) is 4.60. The zero-order chi connectivity index (χ0) is 37.5. The number of fused-ring (bicyclic) bond motifs is 9. The van der Waals surface area contributed by atoms with Crippen molar-refractivity contribution in [3.8, 4) is 22.4 Å². The Balaban J connectivity index is 1.14. The van der Waals surface area contributed by atoms with Crippen molar-refractivity contribution in [1.82, 2.24) is 9.38 Å². The zero-order valence-electron chi connectivity index (χ0n) is 30.9. The summed E-state index contributed by atoms with van der Waals surface area (Å²) in [5, 5.41) is 13.1. The molecule has 0 saturated carbocycles. The van der Waals surface area contributed by atoms with E-state index in [9.17, 15) is 0 Å². The van der Waals surface area contributed by atoms with Gasteiger partial charge in [-0.3, -0.25) is 4.98 Å². The molecule has 0 unspecified atom stereocenters. The van der Waals surface area contributed by atoms with Gasteiger partial charge in [-0.1, -0.05) is 188 Å². The van der Waals surface area contributed by atoms with E-state index < -0.39 is 8.07 Å². The Morgan fingerprint density at radius 2 is 0.947 bits per heavy atom. The summed E-state index contributed by atoms with van der Waals surface area (Å²) < 4.78 is 4.98. The van der Waals surface area contributed by atoms with Crippen LogP contribution >= 0.6 is 11.3 Å². The molecule has 0 radical (unpaired) electrons. The maximum Gasteiger partial charge on any atom is 0.179 e. The highest BCUT2D eigenvalue weighted by atomic mass is 32.1. The third-order valence-electron chi connectivity index (χ3n) is 12.1. The highest BCUT2D eigenvalue weighted by molar-refractivity contribution is 7.26. The van der Waals surface area contributed by atoms with Crippen LogP contribution < -0.4 is 20.7 Å². The largest absolute Gasteiger partial charge is 0.307 e. The van der Waals surface area contributed by atoms with Gasteiger partial charge in [0.15, 0.2) is 8.07 Å².